The standard InChI is InChI=1S/C14H15BrN2O2/c1-17(9-7-13(18)19-2)14-11-4-3-5-12(15)10(11)6-8-16-14/h3-6,8H,7,9H2,1-2H3. The van der Waals surface area contributed by atoms with Crippen LogP contribution in [-0.4, -0.2) is 31.7 Å². The van der Waals surface area contributed by atoms with Crippen LogP contribution in [0.4, 0.5) is 5.82 Å². The number of rotatable bonds is 4. The molecule has 0 spiro atoms. The lowest BCUT2D eigenvalue weighted by atomic mass is 10.1. The summed E-state index contributed by atoms with van der Waals surface area (Å²) in [6, 6.07) is 7.97. The van der Waals surface area contributed by atoms with Crippen LogP contribution in [0.15, 0.2) is 34.9 Å². The second-order valence-corrected chi connectivity index (χ2v) is 5.07. The number of ether oxygens (including phenoxy) is 1. The van der Waals surface area contributed by atoms with E-state index in [4.69, 9.17) is 0 Å². The Bertz CT molecular complexity index is 601. The summed E-state index contributed by atoms with van der Waals surface area (Å²) in [6.07, 6.45) is 2.12. The molecule has 0 N–H and O–H groups in total. The zero-order chi connectivity index (χ0) is 13.8. The molecule has 0 unspecified atom stereocenters. The van der Waals surface area contributed by atoms with E-state index in [1.165, 1.54) is 7.11 Å². The highest BCUT2D eigenvalue weighted by Gasteiger charge is 2.10. The number of pyridine rings is 1. The molecule has 19 heavy (non-hydrogen) atoms. The second kappa shape index (κ2) is 6.02. The summed E-state index contributed by atoms with van der Waals surface area (Å²) in [6.45, 7) is 0.575. The first-order chi connectivity index (χ1) is 9.13. The molecule has 0 saturated heterocycles. The number of carbonyl (C=O) groups is 1. The van der Waals surface area contributed by atoms with Gasteiger partial charge in [0, 0.05) is 35.0 Å². The molecule has 1 aromatic heterocycles. The average Bonchev–Trinajstić information content (AvgIpc) is 2.44. The summed E-state index contributed by atoms with van der Waals surface area (Å²) in [7, 11) is 3.32. The number of anilines is 1. The number of methoxy groups -OCH3 is 1. The van der Waals surface area contributed by atoms with Crippen molar-refractivity contribution in [3.63, 3.8) is 0 Å². The predicted molar refractivity (Wildman–Crippen MR) is 79.3 cm³/mol. The molecule has 2 aromatic rings. The Hall–Kier alpha value is -1.62. The molecule has 0 saturated carbocycles. The number of hydrogen-bond donors (Lipinski definition) is 0. The molecule has 4 nitrogen and oxygen atoms in total. The predicted octanol–water partition coefficient (Wildman–Crippen LogP) is 3.00. The van der Waals surface area contributed by atoms with Gasteiger partial charge in [-0.25, -0.2) is 4.98 Å². The van der Waals surface area contributed by atoms with Gasteiger partial charge in [-0.05, 0) is 12.1 Å². The summed E-state index contributed by atoms with van der Waals surface area (Å²) >= 11 is 3.53. The molecule has 5 heteroatoms. The minimum atomic E-state index is -0.215. The molecule has 0 bridgehead atoms. The number of hydrogen-bond acceptors (Lipinski definition) is 4. The average molecular weight is 323 g/mol. The van der Waals surface area contributed by atoms with Crippen LogP contribution in [-0.2, 0) is 9.53 Å². The number of halogens is 1. The number of fused-ring (bicyclic) bond motifs is 1. The molecular weight excluding hydrogens is 308 g/mol. The minimum Gasteiger partial charge on any atom is -0.469 e. The Morgan fingerprint density at radius 3 is 2.89 bits per heavy atom. The van der Waals surface area contributed by atoms with Gasteiger partial charge in [-0.1, -0.05) is 28.1 Å². The monoisotopic (exact) mass is 322 g/mol. The first kappa shape index (κ1) is 13.8. The Kier molecular flexibility index (Phi) is 4.37. The Morgan fingerprint density at radius 2 is 2.16 bits per heavy atom. The van der Waals surface area contributed by atoms with Crippen molar-refractivity contribution in [2.75, 3.05) is 25.6 Å². The van der Waals surface area contributed by atoms with Crippen LogP contribution in [0, 0.1) is 0 Å². The molecule has 100 valence electrons. The van der Waals surface area contributed by atoms with E-state index in [1.807, 2.05) is 36.2 Å². The molecule has 1 aromatic carbocycles. The Labute approximate surface area is 120 Å². The summed E-state index contributed by atoms with van der Waals surface area (Å²) in [5.74, 6) is 0.649. The van der Waals surface area contributed by atoms with Crippen molar-refractivity contribution >= 4 is 38.5 Å². The van der Waals surface area contributed by atoms with Crippen molar-refractivity contribution in [3.8, 4) is 0 Å². The van der Waals surface area contributed by atoms with E-state index in [2.05, 4.69) is 25.7 Å². The smallest absolute Gasteiger partial charge is 0.307 e. The fraction of sp³-hybridized carbons (Fsp3) is 0.286. The normalized spacial score (nSPS) is 10.5. The van der Waals surface area contributed by atoms with E-state index < -0.39 is 0 Å². The third-order valence-electron chi connectivity index (χ3n) is 2.97. The van der Waals surface area contributed by atoms with Gasteiger partial charge in [0.05, 0.1) is 13.5 Å². The zero-order valence-corrected chi connectivity index (χ0v) is 12.5. The number of nitrogens with zero attached hydrogens (tertiary/aromatic N) is 2. The van der Waals surface area contributed by atoms with Crippen molar-refractivity contribution in [1.82, 2.24) is 4.98 Å². The van der Waals surface area contributed by atoms with Crippen LogP contribution in [0.1, 0.15) is 6.42 Å². The number of esters is 1. The summed E-state index contributed by atoms with van der Waals surface area (Å²) in [4.78, 5) is 17.6. The van der Waals surface area contributed by atoms with Crippen LogP contribution in [0.25, 0.3) is 10.8 Å². The lowest BCUT2D eigenvalue weighted by Gasteiger charge is -2.19. The zero-order valence-electron chi connectivity index (χ0n) is 10.9. The van der Waals surface area contributed by atoms with E-state index in [0.717, 1.165) is 21.1 Å². The topological polar surface area (TPSA) is 42.4 Å². The fourth-order valence-corrected chi connectivity index (χ4v) is 2.42. The summed E-state index contributed by atoms with van der Waals surface area (Å²) < 4.78 is 5.69. The molecule has 2 rings (SSSR count). The molecule has 0 aliphatic carbocycles. The summed E-state index contributed by atoms with van der Waals surface area (Å²) in [5, 5.41) is 2.17. The number of carbonyl (C=O) groups excluding carboxylic acids is 1. The van der Waals surface area contributed by atoms with Crippen molar-refractivity contribution in [3.05, 3.63) is 34.9 Å². The molecule has 0 aliphatic rings. The van der Waals surface area contributed by atoms with Crippen LogP contribution in [0.3, 0.4) is 0 Å². The van der Waals surface area contributed by atoms with Crippen LogP contribution >= 0.6 is 15.9 Å². The Morgan fingerprint density at radius 1 is 1.37 bits per heavy atom. The van der Waals surface area contributed by atoms with Gasteiger partial charge in [0.15, 0.2) is 0 Å². The maximum absolute atomic E-state index is 11.2. The number of benzene rings is 1. The van der Waals surface area contributed by atoms with Gasteiger partial charge in [0.1, 0.15) is 5.82 Å². The quantitative estimate of drug-likeness (QED) is 0.811. The van der Waals surface area contributed by atoms with Crippen molar-refractivity contribution < 1.29 is 9.53 Å². The van der Waals surface area contributed by atoms with E-state index in [9.17, 15) is 4.79 Å². The van der Waals surface area contributed by atoms with Gasteiger partial charge in [0.25, 0.3) is 0 Å². The van der Waals surface area contributed by atoms with Gasteiger partial charge in [-0.15, -0.1) is 0 Å². The third kappa shape index (κ3) is 3.04. The first-order valence-electron chi connectivity index (χ1n) is 5.94. The van der Waals surface area contributed by atoms with Crippen LogP contribution in [0.2, 0.25) is 0 Å². The van der Waals surface area contributed by atoms with Crippen molar-refractivity contribution in [2.45, 2.75) is 6.42 Å². The highest BCUT2D eigenvalue weighted by Crippen LogP contribution is 2.29. The third-order valence-corrected chi connectivity index (χ3v) is 3.66. The lowest BCUT2D eigenvalue weighted by molar-refractivity contribution is -0.140. The van der Waals surface area contributed by atoms with E-state index >= 15 is 0 Å². The molecule has 0 atom stereocenters. The molecule has 0 aliphatic heterocycles. The number of aromatic nitrogens is 1. The van der Waals surface area contributed by atoms with Gasteiger partial charge >= 0.3 is 5.97 Å². The van der Waals surface area contributed by atoms with Crippen molar-refractivity contribution in [2.24, 2.45) is 0 Å². The highest BCUT2D eigenvalue weighted by molar-refractivity contribution is 9.10. The first-order valence-corrected chi connectivity index (χ1v) is 6.74. The largest absolute Gasteiger partial charge is 0.469 e. The lowest BCUT2D eigenvalue weighted by Crippen LogP contribution is -2.22. The minimum absolute atomic E-state index is 0.215. The van der Waals surface area contributed by atoms with Gasteiger partial charge in [0.2, 0.25) is 0 Å². The van der Waals surface area contributed by atoms with E-state index in [-0.39, 0.29) is 5.97 Å². The Balaban J connectivity index is 2.29. The van der Waals surface area contributed by atoms with Gasteiger partial charge in [-0.3, -0.25) is 4.79 Å². The molecule has 0 radical (unpaired) electrons. The molecule has 1 heterocycles. The van der Waals surface area contributed by atoms with Crippen LogP contribution < -0.4 is 4.90 Å². The molecule has 0 amide bonds. The summed E-state index contributed by atoms with van der Waals surface area (Å²) in [5.41, 5.74) is 0. The fourth-order valence-electron chi connectivity index (χ4n) is 1.92. The molecule has 0 fully saturated rings. The van der Waals surface area contributed by atoms with Crippen molar-refractivity contribution in [1.29, 1.82) is 0 Å². The molecular formula is C14H15BrN2O2. The highest BCUT2D eigenvalue weighted by atomic mass is 79.9. The second-order valence-electron chi connectivity index (χ2n) is 4.22. The van der Waals surface area contributed by atoms with E-state index in [0.29, 0.717) is 13.0 Å². The van der Waals surface area contributed by atoms with Gasteiger partial charge in [-0.2, -0.15) is 0 Å². The maximum atomic E-state index is 11.2. The van der Waals surface area contributed by atoms with Gasteiger partial charge < -0.3 is 9.64 Å². The van der Waals surface area contributed by atoms with Crippen LogP contribution in [0.5, 0.6) is 0 Å². The maximum Gasteiger partial charge on any atom is 0.307 e. The SMILES string of the molecule is COC(=O)CCN(C)c1nccc2c(Br)cccc12. The van der Waals surface area contributed by atoms with E-state index in [1.54, 1.807) is 6.20 Å².